The lowest BCUT2D eigenvalue weighted by Crippen LogP contribution is -2.07. The number of carbonyl (C=O) groups is 1. The number of hydrogen-bond acceptors (Lipinski definition) is 6. The van der Waals surface area contributed by atoms with E-state index in [9.17, 15) is 14.9 Å². The third-order valence-electron chi connectivity index (χ3n) is 3.05. The van der Waals surface area contributed by atoms with Gasteiger partial charge in [0.2, 0.25) is 5.91 Å². The molecule has 8 heteroatoms. The van der Waals surface area contributed by atoms with Crippen molar-refractivity contribution in [3.8, 4) is 0 Å². The summed E-state index contributed by atoms with van der Waals surface area (Å²) < 4.78 is 0. The van der Waals surface area contributed by atoms with Crippen LogP contribution in [-0.2, 0) is 11.2 Å². The molecule has 0 bridgehead atoms. The molecule has 0 saturated heterocycles. The number of aliphatic hydroxyl groups is 1. The molecule has 1 amide bonds. The number of anilines is 2. The van der Waals surface area contributed by atoms with Gasteiger partial charge in [0.1, 0.15) is 5.69 Å². The number of nitro benzene ring substituents is 1. The molecule has 0 fully saturated rings. The van der Waals surface area contributed by atoms with Crippen LogP contribution < -0.4 is 10.6 Å². The van der Waals surface area contributed by atoms with E-state index in [1.54, 1.807) is 17.8 Å². The van der Waals surface area contributed by atoms with Crippen LogP contribution in [0.3, 0.4) is 0 Å². The standard InChI is InChI=1S/C13H17N3O4S/c17-3-1-4-21-5-2-14-11-8-10-9(7-13(18)15-10)6-12(11)16(19)20/h6,8,14,17H,1-5,7H2,(H,15,18). The molecule has 114 valence electrons. The summed E-state index contributed by atoms with van der Waals surface area (Å²) in [6.45, 7) is 0.764. The number of aliphatic hydroxyl groups excluding tert-OH is 1. The minimum Gasteiger partial charge on any atom is -0.396 e. The summed E-state index contributed by atoms with van der Waals surface area (Å²) in [5, 5.41) is 25.5. The number of hydrogen-bond donors (Lipinski definition) is 3. The van der Waals surface area contributed by atoms with Gasteiger partial charge in [-0.1, -0.05) is 0 Å². The summed E-state index contributed by atoms with van der Waals surface area (Å²) in [5.41, 5.74) is 1.71. The minimum atomic E-state index is -0.440. The van der Waals surface area contributed by atoms with Gasteiger partial charge in [-0.05, 0) is 23.8 Å². The van der Waals surface area contributed by atoms with Crippen LogP contribution in [0, 0.1) is 10.1 Å². The molecule has 1 aliphatic rings. The van der Waals surface area contributed by atoms with Crippen molar-refractivity contribution >= 4 is 34.7 Å². The molecule has 1 aromatic carbocycles. The molecule has 0 spiro atoms. The van der Waals surface area contributed by atoms with Gasteiger partial charge < -0.3 is 15.7 Å². The van der Waals surface area contributed by atoms with E-state index in [2.05, 4.69) is 10.6 Å². The lowest BCUT2D eigenvalue weighted by atomic mass is 10.1. The topological polar surface area (TPSA) is 104 Å². The number of carbonyl (C=O) groups excluding carboxylic acids is 1. The summed E-state index contributed by atoms with van der Waals surface area (Å²) in [5.74, 6) is 1.51. The highest BCUT2D eigenvalue weighted by Gasteiger charge is 2.24. The Morgan fingerprint density at radius 1 is 1.43 bits per heavy atom. The maximum Gasteiger partial charge on any atom is 0.292 e. The SMILES string of the molecule is O=C1Cc2cc([N+](=O)[O-])c(NCCSCCCO)cc2N1. The second-order valence-electron chi connectivity index (χ2n) is 4.62. The molecular formula is C13H17N3O4S. The fourth-order valence-corrected chi connectivity index (χ4v) is 2.86. The van der Waals surface area contributed by atoms with Crippen molar-refractivity contribution in [2.45, 2.75) is 12.8 Å². The Morgan fingerprint density at radius 2 is 2.24 bits per heavy atom. The van der Waals surface area contributed by atoms with E-state index in [1.165, 1.54) is 6.07 Å². The van der Waals surface area contributed by atoms with Gasteiger partial charge in [0.05, 0.1) is 11.3 Å². The Hall–Kier alpha value is -1.80. The Kier molecular flexibility index (Phi) is 5.40. The molecule has 0 aliphatic carbocycles. The van der Waals surface area contributed by atoms with Crippen molar-refractivity contribution in [1.82, 2.24) is 0 Å². The van der Waals surface area contributed by atoms with Crippen molar-refractivity contribution in [1.29, 1.82) is 0 Å². The van der Waals surface area contributed by atoms with Gasteiger partial charge in [-0.25, -0.2) is 0 Å². The molecular weight excluding hydrogens is 294 g/mol. The molecule has 7 nitrogen and oxygen atoms in total. The summed E-state index contributed by atoms with van der Waals surface area (Å²) in [4.78, 5) is 22.0. The van der Waals surface area contributed by atoms with Crippen LogP contribution in [0.15, 0.2) is 12.1 Å². The average Bonchev–Trinajstić information content (AvgIpc) is 2.80. The van der Waals surface area contributed by atoms with Crippen LogP contribution in [0.4, 0.5) is 17.1 Å². The van der Waals surface area contributed by atoms with Gasteiger partial charge in [0, 0.05) is 30.7 Å². The second kappa shape index (κ2) is 7.28. The third-order valence-corrected chi connectivity index (χ3v) is 4.12. The molecule has 0 atom stereocenters. The number of rotatable bonds is 8. The van der Waals surface area contributed by atoms with E-state index in [-0.39, 0.29) is 24.6 Å². The lowest BCUT2D eigenvalue weighted by Gasteiger charge is -2.09. The van der Waals surface area contributed by atoms with Crippen molar-refractivity contribution in [3.05, 3.63) is 27.8 Å². The third kappa shape index (κ3) is 4.08. The zero-order chi connectivity index (χ0) is 15.2. The van der Waals surface area contributed by atoms with Gasteiger partial charge in [0.15, 0.2) is 0 Å². The van der Waals surface area contributed by atoms with E-state index >= 15 is 0 Å². The monoisotopic (exact) mass is 311 g/mol. The number of amides is 1. The molecule has 0 saturated carbocycles. The molecule has 1 aromatic rings. The van der Waals surface area contributed by atoms with Gasteiger partial charge in [-0.15, -0.1) is 0 Å². The number of benzene rings is 1. The van der Waals surface area contributed by atoms with Crippen LogP contribution in [0.2, 0.25) is 0 Å². The van der Waals surface area contributed by atoms with Crippen LogP contribution in [-0.4, -0.2) is 40.6 Å². The predicted octanol–water partition coefficient (Wildman–Crippen LogP) is 1.62. The van der Waals surface area contributed by atoms with Crippen molar-refractivity contribution in [2.75, 3.05) is 35.3 Å². The minimum absolute atomic E-state index is 0.00870. The fourth-order valence-electron chi connectivity index (χ4n) is 2.08. The number of nitrogens with zero attached hydrogens (tertiary/aromatic N) is 1. The van der Waals surface area contributed by atoms with E-state index in [4.69, 9.17) is 5.11 Å². The smallest absolute Gasteiger partial charge is 0.292 e. The van der Waals surface area contributed by atoms with Gasteiger partial charge in [-0.3, -0.25) is 14.9 Å². The van der Waals surface area contributed by atoms with E-state index in [0.29, 0.717) is 23.5 Å². The maximum atomic E-state index is 11.3. The first-order valence-corrected chi connectivity index (χ1v) is 7.81. The Labute approximate surface area is 126 Å². The van der Waals surface area contributed by atoms with E-state index in [0.717, 1.165) is 17.9 Å². The quantitative estimate of drug-likeness (QED) is 0.383. The summed E-state index contributed by atoms with van der Waals surface area (Å²) >= 11 is 1.68. The van der Waals surface area contributed by atoms with E-state index in [1.807, 2.05) is 0 Å². The van der Waals surface area contributed by atoms with E-state index < -0.39 is 4.92 Å². The van der Waals surface area contributed by atoms with Crippen LogP contribution in [0.25, 0.3) is 0 Å². The maximum absolute atomic E-state index is 11.3. The van der Waals surface area contributed by atoms with Crippen molar-refractivity contribution in [2.24, 2.45) is 0 Å². The van der Waals surface area contributed by atoms with Gasteiger partial charge >= 0.3 is 0 Å². The predicted molar refractivity (Wildman–Crippen MR) is 82.9 cm³/mol. The summed E-state index contributed by atoms with van der Waals surface area (Å²) in [7, 11) is 0. The molecule has 0 unspecified atom stereocenters. The molecule has 0 radical (unpaired) electrons. The highest BCUT2D eigenvalue weighted by Crippen LogP contribution is 2.34. The van der Waals surface area contributed by atoms with Gasteiger partial charge in [-0.2, -0.15) is 11.8 Å². The van der Waals surface area contributed by atoms with Crippen LogP contribution in [0.1, 0.15) is 12.0 Å². The summed E-state index contributed by atoms with van der Waals surface area (Å²) in [6, 6.07) is 3.07. The first kappa shape index (κ1) is 15.6. The normalized spacial score (nSPS) is 12.9. The van der Waals surface area contributed by atoms with Crippen molar-refractivity contribution < 1.29 is 14.8 Å². The first-order chi connectivity index (χ1) is 10.1. The molecule has 0 aromatic heterocycles. The number of thioether (sulfide) groups is 1. The highest BCUT2D eigenvalue weighted by atomic mass is 32.2. The Morgan fingerprint density at radius 3 is 2.95 bits per heavy atom. The largest absolute Gasteiger partial charge is 0.396 e. The molecule has 21 heavy (non-hydrogen) atoms. The zero-order valence-corrected chi connectivity index (χ0v) is 12.2. The molecule has 3 N–H and O–H groups in total. The molecule has 1 aliphatic heterocycles. The lowest BCUT2D eigenvalue weighted by molar-refractivity contribution is -0.384. The Bertz CT molecular complexity index is 550. The summed E-state index contributed by atoms with van der Waals surface area (Å²) in [6.07, 6.45) is 0.934. The first-order valence-electron chi connectivity index (χ1n) is 6.65. The van der Waals surface area contributed by atoms with Crippen LogP contribution in [0.5, 0.6) is 0 Å². The number of nitrogens with one attached hydrogen (secondary N) is 2. The van der Waals surface area contributed by atoms with Crippen molar-refractivity contribution in [3.63, 3.8) is 0 Å². The molecule has 1 heterocycles. The zero-order valence-electron chi connectivity index (χ0n) is 11.4. The number of fused-ring (bicyclic) bond motifs is 1. The Balaban J connectivity index is 1.99. The fraction of sp³-hybridized carbons (Fsp3) is 0.462. The average molecular weight is 311 g/mol. The van der Waals surface area contributed by atoms with Crippen LogP contribution >= 0.6 is 11.8 Å². The number of nitro groups is 1. The second-order valence-corrected chi connectivity index (χ2v) is 5.85. The molecule has 2 rings (SSSR count). The highest BCUT2D eigenvalue weighted by molar-refractivity contribution is 7.99. The van der Waals surface area contributed by atoms with Gasteiger partial charge in [0.25, 0.3) is 5.69 Å².